The van der Waals surface area contributed by atoms with Crippen LogP contribution in [0.4, 0.5) is 11.4 Å². The molecule has 20 heavy (non-hydrogen) atoms. The van der Waals surface area contributed by atoms with Gasteiger partial charge in [0.2, 0.25) is 5.91 Å². The molecule has 0 radical (unpaired) electrons. The van der Waals surface area contributed by atoms with E-state index < -0.39 is 0 Å². The minimum Gasteiger partial charge on any atom is -0.355 e. The molecule has 0 spiro atoms. The number of hydrogen-bond donors (Lipinski definition) is 2. The SMILES string of the molecule is CC(=O)NCC#Cc1ccccc1Nc1ccccc1. The van der Waals surface area contributed by atoms with Crippen molar-refractivity contribution in [2.75, 3.05) is 11.9 Å². The minimum atomic E-state index is -0.0741. The van der Waals surface area contributed by atoms with Crippen molar-refractivity contribution >= 4 is 17.3 Å². The highest BCUT2D eigenvalue weighted by molar-refractivity contribution is 5.73. The fourth-order valence-corrected chi connectivity index (χ4v) is 1.69. The molecule has 0 aliphatic rings. The second-order valence-electron chi connectivity index (χ2n) is 4.25. The Labute approximate surface area is 119 Å². The first-order valence-corrected chi connectivity index (χ1v) is 6.40. The molecular weight excluding hydrogens is 248 g/mol. The van der Waals surface area contributed by atoms with Gasteiger partial charge in [0.05, 0.1) is 12.2 Å². The summed E-state index contributed by atoms with van der Waals surface area (Å²) in [5, 5.41) is 5.98. The Morgan fingerprint density at radius 3 is 2.50 bits per heavy atom. The predicted molar refractivity (Wildman–Crippen MR) is 81.7 cm³/mol. The Hall–Kier alpha value is -2.73. The van der Waals surface area contributed by atoms with Crippen LogP contribution < -0.4 is 10.6 Å². The zero-order valence-electron chi connectivity index (χ0n) is 11.3. The number of anilines is 2. The lowest BCUT2D eigenvalue weighted by Crippen LogP contribution is -2.19. The first-order chi connectivity index (χ1) is 9.75. The molecule has 3 heteroatoms. The van der Waals surface area contributed by atoms with E-state index in [2.05, 4.69) is 22.5 Å². The molecule has 0 heterocycles. The summed E-state index contributed by atoms with van der Waals surface area (Å²) in [6.07, 6.45) is 0. The van der Waals surface area contributed by atoms with E-state index in [1.54, 1.807) is 0 Å². The van der Waals surface area contributed by atoms with Crippen LogP contribution in [0, 0.1) is 11.8 Å². The van der Waals surface area contributed by atoms with Gasteiger partial charge in [0, 0.05) is 18.2 Å². The van der Waals surface area contributed by atoms with Crippen molar-refractivity contribution in [3.05, 3.63) is 60.2 Å². The van der Waals surface area contributed by atoms with Gasteiger partial charge in [-0.25, -0.2) is 0 Å². The maximum atomic E-state index is 10.8. The van der Waals surface area contributed by atoms with E-state index >= 15 is 0 Å². The van der Waals surface area contributed by atoms with E-state index in [-0.39, 0.29) is 5.91 Å². The van der Waals surface area contributed by atoms with Gasteiger partial charge in [0.15, 0.2) is 0 Å². The van der Waals surface area contributed by atoms with E-state index in [4.69, 9.17) is 0 Å². The third-order valence-corrected chi connectivity index (χ3v) is 2.63. The molecule has 100 valence electrons. The number of carbonyl (C=O) groups excluding carboxylic acids is 1. The number of rotatable bonds is 3. The Kier molecular flexibility index (Phi) is 4.80. The van der Waals surface area contributed by atoms with E-state index in [0.717, 1.165) is 16.9 Å². The molecule has 2 rings (SSSR count). The Morgan fingerprint density at radius 1 is 1.05 bits per heavy atom. The first kappa shape index (κ1) is 13.7. The van der Waals surface area contributed by atoms with Crippen LogP contribution in [0.2, 0.25) is 0 Å². The monoisotopic (exact) mass is 264 g/mol. The number of carbonyl (C=O) groups is 1. The van der Waals surface area contributed by atoms with Crippen LogP contribution in [-0.2, 0) is 4.79 Å². The highest BCUT2D eigenvalue weighted by Gasteiger charge is 1.98. The Balaban J connectivity index is 2.12. The molecule has 2 aromatic carbocycles. The Morgan fingerprint density at radius 2 is 1.75 bits per heavy atom. The normalized spacial score (nSPS) is 9.25. The number of benzene rings is 2. The molecule has 0 saturated carbocycles. The number of hydrogen-bond acceptors (Lipinski definition) is 2. The van der Waals surface area contributed by atoms with Crippen molar-refractivity contribution in [1.82, 2.24) is 5.32 Å². The zero-order chi connectivity index (χ0) is 14.2. The van der Waals surface area contributed by atoms with Crippen LogP contribution in [0.3, 0.4) is 0 Å². The summed E-state index contributed by atoms with van der Waals surface area (Å²) in [5.74, 6) is 5.92. The molecule has 0 saturated heterocycles. The van der Waals surface area contributed by atoms with Gasteiger partial charge >= 0.3 is 0 Å². The molecule has 2 N–H and O–H groups in total. The quantitative estimate of drug-likeness (QED) is 0.837. The van der Waals surface area contributed by atoms with Crippen molar-refractivity contribution in [2.24, 2.45) is 0 Å². The molecule has 3 nitrogen and oxygen atoms in total. The molecule has 0 fully saturated rings. The maximum absolute atomic E-state index is 10.8. The lowest BCUT2D eigenvalue weighted by molar-refractivity contribution is -0.118. The molecule has 0 aromatic heterocycles. The molecule has 1 amide bonds. The molecule has 0 unspecified atom stereocenters. The topological polar surface area (TPSA) is 41.1 Å². The third-order valence-electron chi connectivity index (χ3n) is 2.63. The molecular formula is C17H16N2O. The summed E-state index contributed by atoms with van der Waals surface area (Å²) < 4.78 is 0. The van der Waals surface area contributed by atoms with Crippen LogP contribution in [0.5, 0.6) is 0 Å². The summed E-state index contributed by atoms with van der Waals surface area (Å²) in [7, 11) is 0. The summed E-state index contributed by atoms with van der Waals surface area (Å²) in [6, 6.07) is 17.8. The van der Waals surface area contributed by atoms with Crippen LogP contribution in [0.25, 0.3) is 0 Å². The van der Waals surface area contributed by atoms with Crippen molar-refractivity contribution in [1.29, 1.82) is 0 Å². The number of nitrogens with one attached hydrogen (secondary N) is 2. The molecule has 0 bridgehead atoms. The van der Waals surface area contributed by atoms with Gasteiger partial charge in [0.25, 0.3) is 0 Å². The fraction of sp³-hybridized carbons (Fsp3) is 0.118. The van der Waals surface area contributed by atoms with E-state index in [9.17, 15) is 4.79 Å². The Bertz CT molecular complexity index is 639. The second-order valence-corrected chi connectivity index (χ2v) is 4.25. The average molecular weight is 264 g/mol. The average Bonchev–Trinajstić information content (AvgIpc) is 2.46. The number of amides is 1. The smallest absolute Gasteiger partial charge is 0.217 e. The molecule has 0 atom stereocenters. The van der Waals surface area contributed by atoms with E-state index in [1.165, 1.54) is 6.92 Å². The van der Waals surface area contributed by atoms with Crippen LogP contribution >= 0.6 is 0 Å². The minimum absolute atomic E-state index is 0.0741. The number of para-hydroxylation sites is 2. The van der Waals surface area contributed by atoms with Gasteiger partial charge in [-0.15, -0.1) is 0 Å². The largest absolute Gasteiger partial charge is 0.355 e. The van der Waals surface area contributed by atoms with Crippen molar-refractivity contribution in [2.45, 2.75) is 6.92 Å². The van der Waals surface area contributed by atoms with E-state index in [1.807, 2.05) is 54.6 Å². The van der Waals surface area contributed by atoms with Crippen molar-refractivity contribution < 1.29 is 4.79 Å². The standard InChI is InChI=1S/C17H16N2O/c1-14(20)18-13-7-9-15-8-5-6-12-17(15)19-16-10-3-2-4-11-16/h2-6,8,10-12,19H,13H2,1H3,(H,18,20). The molecule has 0 aliphatic carbocycles. The summed E-state index contributed by atoms with van der Waals surface area (Å²) in [6.45, 7) is 1.83. The predicted octanol–water partition coefficient (Wildman–Crippen LogP) is 2.92. The van der Waals surface area contributed by atoms with Gasteiger partial charge < -0.3 is 10.6 Å². The van der Waals surface area contributed by atoms with Crippen LogP contribution in [0.1, 0.15) is 12.5 Å². The highest BCUT2D eigenvalue weighted by Crippen LogP contribution is 2.19. The molecule has 0 aliphatic heterocycles. The zero-order valence-corrected chi connectivity index (χ0v) is 11.3. The highest BCUT2D eigenvalue weighted by atomic mass is 16.1. The van der Waals surface area contributed by atoms with Gasteiger partial charge in [-0.05, 0) is 24.3 Å². The van der Waals surface area contributed by atoms with Gasteiger partial charge in [0.1, 0.15) is 0 Å². The third kappa shape index (κ3) is 4.18. The molecule has 2 aromatic rings. The summed E-state index contributed by atoms with van der Waals surface area (Å²) in [4.78, 5) is 10.8. The maximum Gasteiger partial charge on any atom is 0.217 e. The fourth-order valence-electron chi connectivity index (χ4n) is 1.69. The summed E-state index contributed by atoms with van der Waals surface area (Å²) >= 11 is 0. The van der Waals surface area contributed by atoms with Gasteiger partial charge in [-0.2, -0.15) is 0 Å². The van der Waals surface area contributed by atoms with Crippen LogP contribution in [-0.4, -0.2) is 12.5 Å². The van der Waals surface area contributed by atoms with Gasteiger partial charge in [-0.3, -0.25) is 4.79 Å². The second kappa shape index (κ2) is 7.01. The first-order valence-electron chi connectivity index (χ1n) is 6.40. The summed E-state index contributed by atoms with van der Waals surface area (Å²) in [5.41, 5.74) is 2.87. The van der Waals surface area contributed by atoms with Crippen molar-refractivity contribution in [3.8, 4) is 11.8 Å². The van der Waals surface area contributed by atoms with Gasteiger partial charge in [-0.1, -0.05) is 42.2 Å². The van der Waals surface area contributed by atoms with Crippen LogP contribution in [0.15, 0.2) is 54.6 Å². The lowest BCUT2D eigenvalue weighted by Gasteiger charge is -2.08. The lowest BCUT2D eigenvalue weighted by atomic mass is 10.1. The van der Waals surface area contributed by atoms with E-state index in [0.29, 0.717) is 6.54 Å². The van der Waals surface area contributed by atoms with Crippen molar-refractivity contribution in [3.63, 3.8) is 0 Å².